The Hall–Kier alpha value is -2.63. The summed E-state index contributed by atoms with van der Waals surface area (Å²) in [6.07, 6.45) is 0. The zero-order chi connectivity index (χ0) is 16.3. The van der Waals surface area contributed by atoms with Crippen LogP contribution in [0.5, 0.6) is 0 Å². The Balaban J connectivity index is 2.29. The van der Waals surface area contributed by atoms with Crippen molar-refractivity contribution in [1.82, 2.24) is 9.88 Å². The first-order valence-electron chi connectivity index (χ1n) is 6.76. The number of carbonyl (C=O) groups excluding carboxylic acids is 2. The Kier molecular flexibility index (Phi) is 4.60. The number of esters is 1. The molecule has 22 heavy (non-hydrogen) atoms. The van der Waals surface area contributed by atoms with Crippen LogP contribution in [-0.2, 0) is 9.53 Å². The van der Waals surface area contributed by atoms with E-state index in [1.807, 2.05) is 11.5 Å². The molecule has 0 spiro atoms. The standard InChI is InChI=1S/C16H17FN2O3/c1-10-8-14(16(21)22-9-15(20)18-3)11(2)19(10)13-6-4-12(17)5-7-13/h4-8H,9H2,1-3H3,(H,18,20). The summed E-state index contributed by atoms with van der Waals surface area (Å²) in [7, 11) is 1.47. The minimum atomic E-state index is -0.565. The molecule has 1 heterocycles. The van der Waals surface area contributed by atoms with E-state index >= 15 is 0 Å². The fourth-order valence-corrected chi connectivity index (χ4v) is 2.24. The SMILES string of the molecule is CNC(=O)COC(=O)c1cc(C)n(-c2ccc(F)cc2)c1C. The summed E-state index contributed by atoms with van der Waals surface area (Å²) in [6, 6.07) is 7.67. The highest BCUT2D eigenvalue weighted by Gasteiger charge is 2.18. The molecule has 6 heteroatoms. The van der Waals surface area contributed by atoms with Gasteiger partial charge in [0.05, 0.1) is 5.56 Å². The van der Waals surface area contributed by atoms with Crippen molar-refractivity contribution in [2.24, 2.45) is 0 Å². The van der Waals surface area contributed by atoms with E-state index in [1.165, 1.54) is 19.2 Å². The van der Waals surface area contributed by atoms with Crippen LogP contribution in [0.4, 0.5) is 4.39 Å². The average molecular weight is 304 g/mol. The molecule has 0 saturated heterocycles. The number of halogens is 1. The molecule has 5 nitrogen and oxygen atoms in total. The van der Waals surface area contributed by atoms with Crippen LogP contribution in [-0.4, -0.2) is 30.1 Å². The van der Waals surface area contributed by atoms with Crippen LogP contribution in [0.2, 0.25) is 0 Å². The second-order valence-electron chi connectivity index (χ2n) is 4.85. The number of aryl methyl sites for hydroxylation is 1. The van der Waals surface area contributed by atoms with Crippen molar-refractivity contribution in [1.29, 1.82) is 0 Å². The molecular formula is C16H17FN2O3. The third-order valence-electron chi connectivity index (χ3n) is 3.35. The van der Waals surface area contributed by atoms with Gasteiger partial charge in [0, 0.05) is 24.1 Å². The summed E-state index contributed by atoms with van der Waals surface area (Å²) >= 11 is 0. The minimum absolute atomic E-state index is 0.323. The summed E-state index contributed by atoms with van der Waals surface area (Å²) in [5.74, 6) is -1.26. The van der Waals surface area contributed by atoms with Crippen LogP contribution in [0.15, 0.2) is 30.3 Å². The zero-order valence-electron chi connectivity index (χ0n) is 12.6. The van der Waals surface area contributed by atoms with Crippen molar-refractivity contribution in [2.45, 2.75) is 13.8 Å². The van der Waals surface area contributed by atoms with Crippen molar-refractivity contribution in [3.8, 4) is 5.69 Å². The molecule has 0 atom stereocenters. The summed E-state index contributed by atoms with van der Waals surface area (Å²) in [4.78, 5) is 23.2. The monoisotopic (exact) mass is 304 g/mol. The number of rotatable bonds is 4. The molecule has 0 aliphatic rings. The van der Waals surface area contributed by atoms with Crippen molar-refractivity contribution < 1.29 is 18.7 Å². The normalized spacial score (nSPS) is 10.4. The lowest BCUT2D eigenvalue weighted by molar-refractivity contribution is -0.123. The van der Waals surface area contributed by atoms with Gasteiger partial charge in [0.2, 0.25) is 0 Å². The average Bonchev–Trinajstić information content (AvgIpc) is 2.80. The van der Waals surface area contributed by atoms with Crippen LogP contribution in [0.25, 0.3) is 5.69 Å². The molecule has 0 bridgehead atoms. The fraction of sp³-hybridized carbons (Fsp3) is 0.250. The predicted molar refractivity (Wildman–Crippen MR) is 79.6 cm³/mol. The van der Waals surface area contributed by atoms with E-state index in [-0.39, 0.29) is 18.3 Å². The Morgan fingerprint density at radius 3 is 2.45 bits per heavy atom. The number of carbonyl (C=O) groups is 2. The second kappa shape index (κ2) is 6.43. The van der Waals surface area contributed by atoms with Crippen molar-refractivity contribution >= 4 is 11.9 Å². The van der Waals surface area contributed by atoms with E-state index in [2.05, 4.69) is 5.32 Å². The lowest BCUT2D eigenvalue weighted by Gasteiger charge is -2.10. The molecule has 0 saturated carbocycles. The van der Waals surface area contributed by atoms with Gasteiger partial charge in [-0.15, -0.1) is 0 Å². The van der Waals surface area contributed by atoms with Crippen molar-refractivity contribution in [2.75, 3.05) is 13.7 Å². The van der Waals surface area contributed by atoms with E-state index in [4.69, 9.17) is 4.74 Å². The Labute approximate surface area is 127 Å². The van der Waals surface area contributed by atoms with Gasteiger partial charge in [-0.1, -0.05) is 0 Å². The number of benzene rings is 1. The molecule has 116 valence electrons. The Bertz CT molecular complexity index is 705. The summed E-state index contributed by atoms with van der Waals surface area (Å²) in [5.41, 5.74) is 2.62. The molecule has 0 aliphatic heterocycles. The summed E-state index contributed by atoms with van der Waals surface area (Å²) < 4.78 is 19.8. The number of ether oxygens (including phenoxy) is 1. The number of nitrogens with zero attached hydrogens (tertiary/aromatic N) is 1. The van der Waals surface area contributed by atoms with Crippen LogP contribution >= 0.6 is 0 Å². The van der Waals surface area contributed by atoms with Crippen molar-refractivity contribution in [3.63, 3.8) is 0 Å². The number of likely N-dealkylation sites (N-methyl/N-ethyl adjacent to an activating group) is 1. The van der Waals surface area contributed by atoms with E-state index in [1.54, 1.807) is 25.1 Å². The zero-order valence-corrected chi connectivity index (χ0v) is 12.6. The first-order chi connectivity index (χ1) is 10.4. The highest BCUT2D eigenvalue weighted by molar-refractivity contribution is 5.93. The van der Waals surface area contributed by atoms with Gasteiger partial charge in [0.15, 0.2) is 6.61 Å². The first-order valence-corrected chi connectivity index (χ1v) is 6.76. The quantitative estimate of drug-likeness (QED) is 0.880. The number of hydrogen-bond donors (Lipinski definition) is 1. The molecule has 1 aromatic carbocycles. The third-order valence-corrected chi connectivity index (χ3v) is 3.35. The smallest absolute Gasteiger partial charge is 0.340 e. The van der Waals surface area contributed by atoms with Gasteiger partial charge in [0.25, 0.3) is 5.91 Å². The van der Waals surface area contributed by atoms with Gasteiger partial charge in [-0.3, -0.25) is 4.79 Å². The molecule has 2 aromatic rings. The highest BCUT2D eigenvalue weighted by Crippen LogP contribution is 2.21. The van der Waals surface area contributed by atoms with Crippen LogP contribution in [0.1, 0.15) is 21.7 Å². The van der Waals surface area contributed by atoms with Gasteiger partial charge in [-0.25, -0.2) is 9.18 Å². The maximum absolute atomic E-state index is 13.0. The predicted octanol–water partition coefficient (Wildman–Crippen LogP) is 2.14. The molecule has 0 unspecified atom stereocenters. The molecule has 2 rings (SSSR count). The molecular weight excluding hydrogens is 287 g/mol. The number of aromatic nitrogens is 1. The topological polar surface area (TPSA) is 60.3 Å². The lowest BCUT2D eigenvalue weighted by Crippen LogP contribution is -2.25. The molecule has 1 amide bonds. The number of nitrogens with one attached hydrogen (secondary N) is 1. The maximum atomic E-state index is 13.0. The van der Waals surface area contributed by atoms with Gasteiger partial charge in [0.1, 0.15) is 5.82 Å². The molecule has 1 aromatic heterocycles. The second-order valence-corrected chi connectivity index (χ2v) is 4.85. The van der Waals surface area contributed by atoms with Gasteiger partial charge in [-0.05, 0) is 44.2 Å². The highest BCUT2D eigenvalue weighted by atomic mass is 19.1. The molecule has 0 radical (unpaired) electrons. The Morgan fingerprint density at radius 1 is 1.23 bits per heavy atom. The minimum Gasteiger partial charge on any atom is -0.452 e. The maximum Gasteiger partial charge on any atom is 0.340 e. The van der Waals surface area contributed by atoms with Crippen LogP contribution < -0.4 is 5.32 Å². The Morgan fingerprint density at radius 2 is 1.86 bits per heavy atom. The number of amides is 1. The summed E-state index contributed by atoms with van der Waals surface area (Å²) in [5, 5.41) is 2.38. The molecule has 1 N–H and O–H groups in total. The molecule has 0 aliphatic carbocycles. The van der Waals surface area contributed by atoms with E-state index < -0.39 is 5.97 Å². The van der Waals surface area contributed by atoms with Gasteiger partial charge < -0.3 is 14.6 Å². The van der Waals surface area contributed by atoms with E-state index in [9.17, 15) is 14.0 Å². The van der Waals surface area contributed by atoms with E-state index in [0.717, 1.165) is 11.4 Å². The van der Waals surface area contributed by atoms with Crippen LogP contribution in [0, 0.1) is 19.7 Å². The first kappa shape index (κ1) is 15.8. The van der Waals surface area contributed by atoms with Gasteiger partial charge in [-0.2, -0.15) is 0 Å². The van der Waals surface area contributed by atoms with E-state index in [0.29, 0.717) is 11.3 Å². The van der Waals surface area contributed by atoms with Gasteiger partial charge >= 0.3 is 5.97 Å². The lowest BCUT2D eigenvalue weighted by atomic mass is 10.2. The fourth-order valence-electron chi connectivity index (χ4n) is 2.24. The number of hydrogen-bond acceptors (Lipinski definition) is 3. The third kappa shape index (κ3) is 3.16. The van der Waals surface area contributed by atoms with Crippen molar-refractivity contribution in [3.05, 3.63) is 53.1 Å². The van der Waals surface area contributed by atoms with Crippen LogP contribution in [0.3, 0.4) is 0 Å². The summed E-state index contributed by atoms with van der Waals surface area (Å²) in [6.45, 7) is 3.29. The largest absolute Gasteiger partial charge is 0.452 e. The molecule has 0 fully saturated rings.